The molecule has 1 aromatic carbocycles. The molecule has 1 atom stereocenters. The number of carbonyl (C=O) groups excluding carboxylic acids is 1. The maximum atomic E-state index is 13.4. The highest BCUT2D eigenvalue weighted by Crippen LogP contribution is 2.32. The number of halogens is 1. The number of H-pyrrole nitrogens is 1. The number of likely N-dealkylation sites (tertiary alicyclic amines) is 1. The van der Waals surface area contributed by atoms with Crippen LogP contribution in [0.4, 0.5) is 4.39 Å². The van der Waals surface area contributed by atoms with Gasteiger partial charge in [-0.1, -0.05) is 0 Å². The van der Waals surface area contributed by atoms with Crippen molar-refractivity contribution in [3.05, 3.63) is 45.9 Å². The molecule has 3 heterocycles. The van der Waals surface area contributed by atoms with Gasteiger partial charge in [0.2, 0.25) is 0 Å². The third kappa shape index (κ3) is 2.69. The maximum absolute atomic E-state index is 13.4. The molecule has 1 aliphatic heterocycles. The number of imidazole rings is 1. The van der Waals surface area contributed by atoms with Gasteiger partial charge in [-0.3, -0.25) is 4.79 Å². The molecule has 1 unspecified atom stereocenters. The zero-order chi connectivity index (χ0) is 16.7. The van der Waals surface area contributed by atoms with Crippen LogP contribution >= 0.6 is 11.3 Å². The normalized spacial score (nSPS) is 18.2. The van der Waals surface area contributed by atoms with Crippen molar-refractivity contribution in [2.75, 3.05) is 6.54 Å². The highest BCUT2D eigenvalue weighted by Gasteiger charge is 2.31. The fourth-order valence-electron chi connectivity index (χ4n) is 3.23. The second-order valence-corrected chi connectivity index (χ2v) is 7.11. The minimum absolute atomic E-state index is 0.0595. The molecule has 5 nitrogen and oxygen atoms in total. The second-order valence-electron chi connectivity index (χ2n) is 6.05. The van der Waals surface area contributed by atoms with Crippen molar-refractivity contribution in [2.24, 2.45) is 0 Å². The van der Waals surface area contributed by atoms with E-state index in [4.69, 9.17) is 0 Å². The highest BCUT2D eigenvalue weighted by molar-refractivity contribution is 7.09. The van der Waals surface area contributed by atoms with Crippen LogP contribution < -0.4 is 0 Å². The third-order valence-electron chi connectivity index (χ3n) is 4.38. The topological polar surface area (TPSA) is 61.9 Å². The summed E-state index contributed by atoms with van der Waals surface area (Å²) in [6.45, 7) is 2.58. The van der Waals surface area contributed by atoms with Crippen LogP contribution in [0.1, 0.15) is 46.6 Å². The predicted octanol–water partition coefficient (Wildman–Crippen LogP) is 3.83. The number of thiazole rings is 1. The molecule has 0 saturated carbocycles. The number of hydrogen-bond acceptors (Lipinski definition) is 4. The van der Waals surface area contributed by atoms with E-state index >= 15 is 0 Å². The Kier molecular flexibility index (Phi) is 3.80. The van der Waals surface area contributed by atoms with E-state index in [2.05, 4.69) is 15.0 Å². The Bertz CT molecular complexity index is 903. The number of fused-ring (bicyclic) bond motifs is 1. The molecule has 0 radical (unpaired) electrons. The van der Waals surface area contributed by atoms with Crippen molar-refractivity contribution in [2.45, 2.75) is 32.2 Å². The molecule has 0 spiro atoms. The monoisotopic (exact) mass is 344 g/mol. The fraction of sp³-hybridized carbons (Fsp3) is 0.353. The van der Waals surface area contributed by atoms with Crippen molar-refractivity contribution in [1.29, 1.82) is 0 Å². The van der Waals surface area contributed by atoms with E-state index in [-0.39, 0.29) is 17.8 Å². The highest BCUT2D eigenvalue weighted by atomic mass is 32.1. The van der Waals surface area contributed by atoms with Crippen LogP contribution in [0.15, 0.2) is 23.6 Å². The van der Waals surface area contributed by atoms with Crippen LogP contribution in [-0.4, -0.2) is 32.3 Å². The zero-order valence-electron chi connectivity index (χ0n) is 13.3. The number of benzene rings is 1. The molecule has 24 heavy (non-hydrogen) atoms. The summed E-state index contributed by atoms with van der Waals surface area (Å²) in [4.78, 5) is 26.7. The van der Waals surface area contributed by atoms with Crippen molar-refractivity contribution < 1.29 is 9.18 Å². The smallest absolute Gasteiger partial charge is 0.273 e. The number of amides is 1. The molecular weight excluding hydrogens is 327 g/mol. The number of nitrogens with zero attached hydrogens (tertiary/aromatic N) is 3. The molecule has 124 valence electrons. The SMILES string of the molecule is Cc1nc(C(=O)N2CCCCC2c2nc3ccc(F)cc3[nH]2)cs1. The van der Waals surface area contributed by atoms with Gasteiger partial charge in [0.1, 0.15) is 17.3 Å². The number of aryl methyl sites for hydroxylation is 1. The van der Waals surface area contributed by atoms with Gasteiger partial charge < -0.3 is 9.88 Å². The van der Waals surface area contributed by atoms with Crippen LogP contribution in [0.3, 0.4) is 0 Å². The molecule has 1 aliphatic rings. The number of rotatable bonds is 2. The van der Waals surface area contributed by atoms with Gasteiger partial charge in [0, 0.05) is 11.9 Å². The number of aromatic nitrogens is 3. The van der Waals surface area contributed by atoms with E-state index < -0.39 is 0 Å². The second kappa shape index (κ2) is 5.98. The first-order valence-electron chi connectivity index (χ1n) is 8.00. The molecule has 1 N–H and O–H groups in total. The van der Waals surface area contributed by atoms with Crippen molar-refractivity contribution >= 4 is 28.3 Å². The van der Waals surface area contributed by atoms with Gasteiger partial charge in [-0.2, -0.15) is 0 Å². The maximum Gasteiger partial charge on any atom is 0.273 e. The van der Waals surface area contributed by atoms with Gasteiger partial charge in [0.05, 0.1) is 22.1 Å². The summed E-state index contributed by atoms with van der Waals surface area (Å²) in [7, 11) is 0. The first-order chi connectivity index (χ1) is 11.6. The fourth-order valence-corrected chi connectivity index (χ4v) is 3.81. The average molecular weight is 344 g/mol. The van der Waals surface area contributed by atoms with Crippen molar-refractivity contribution in [1.82, 2.24) is 19.9 Å². The molecule has 0 aliphatic carbocycles. The molecular formula is C17H17FN4OS. The van der Waals surface area contributed by atoms with Crippen LogP contribution in [0, 0.1) is 12.7 Å². The van der Waals surface area contributed by atoms with Gasteiger partial charge in [-0.05, 0) is 44.4 Å². The minimum atomic E-state index is -0.299. The molecule has 3 aromatic rings. The molecule has 1 amide bonds. The van der Waals surface area contributed by atoms with Crippen molar-refractivity contribution in [3.8, 4) is 0 Å². The van der Waals surface area contributed by atoms with Gasteiger partial charge in [-0.15, -0.1) is 11.3 Å². The first-order valence-corrected chi connectivity index (χ1v) is 8.88. The lowest BCUT2D eigenvalue weighted by molar-refractivity contribution is 0.0596. The Morgan fingerprint density at radius 3 is 3.04 bits per heavy atom. The number of nitrogens with one attached hydrogen (secondary N) is 1. The van der Waals surface area contributed by atoms with Gasteiger partial charge in [0.15, 0.2) is 0 Å². The third-order valence-corrected chi connectivity index (χ3v) is 5.15. The van der Waals surface area contributed by atoms with E-state index in [1.165, 1.54) is 23.5 Å². The molecule has 2 aromatic heterocycles. The zero-order valence-corrected chi connectivity index (χ0v) is 14.1. The van der Waals surface area contributed by atoms with Crippen LogP contribution in [0.2, 0.25) is 0 Å². The Morgan fingerprint density at radius 1 is 1.38 bits per heavy atom. The number of aromatic amines is 1. The van der Waals surface area contributed by atoms with E-state index in [0.717, 1.165) is 30.1 Å². The Labute approximate surface area is 142 Å². The summed E-state index contributed by atoms with van der Waals surface area (Å²) in [6, 6.07) is 4.37. The molecule has 4 rings (SSSR count). The van der Waals surface area contributed by atoms with E-state index in [1.54, 1.807) is 11.4 Å². The minimum Gasteiger partial charge on any atom is -0.340 e. The number of carbonyl (C=O) groups is 1. The lowest BCUT2D eigenvalue weighted by Crippen LogP contribution is -2.39. The van der Waals surface area contributed by atoms with Crippen LogP contribution in [-0.2, 0) is 0 Å². The Hall–Kier alpha value is -2.28. The van der Waals surface area contributed by atoms with Gasteiger partial charge in [0.25, 0.3) is 5.91 Å². The standard InChI is InChI=1S/C17H17FN4OS/c1-10-19-14(9-24-10)17(23)22-7-3-2-4-15(22)16-20-12-6-5-11(18)8-13(12)21-16/h5-6,8-9,15H,2-4,7H2,1H3,(H,20,21). The molecule has 1 saturated heterocycles. The summed E-state index contributed by atoms with van der Waals surface area (Å²) in [5.41, 5.74) is 1.87. The average Bonchev–Trinajstić information content (AvgIpc) is 3.20. The predicted molar refractivity (Wildman–Crippen MR) is 90.5 cm³/mol. The summed E-state index contributed by atoms with van der Waals surface area (Å²) in [5, 5.41) is 2.68. The number of piperidine rings is 1. The first kappa shape index (κ1) is 15.3. The van der Waals surface area contributed by atoms with Gasteiger partial charge >= 0.3 is 0 Å². The lowest BCUT2D eigenvalue weighted by atomic mass is 10.0. The van der Waals surface area contributed by atoms with E-state index in [9.17, 15) is 9.18 Å². The number of hydrogen-bond donors (Lipinski definition) is 1. The van der Waals surface area contributed by atoms with Crippen molar-refractivity contribution in [3.63, 3.8) is 0 Å². The summed E-state index contributed by atoms with van der Waals surface area (Å²) in [6.07, 6.45) is 2.85. The summed E-state index contributed by atoms with van der Waals surface area (Å²) < 4.78 is 13.4. The summed E-state index contributed by atoms with van der Waals surface area (Å²) >= 11 is 1.48. The summed E-state index contributed by atoms with van der Waals surface area (Å²) in [5.74, 6) is 0.360. The Morgan fingerprint density at radius 2 is 2.25 bits per heavy atom. The van der Waals surface area contributed by atoms with E-state index in [1.807, 2.05) is 11.8 Å². The quantitative estimate of drug-likeness (QED) is 0.768. The van der Waals surface area contributed by atoms with Crippen LogP contribution in [0.5, 0.6) is 0 Å². The largest absolute Gasteiger partial charge is 0.340 e. The molecule has 0 bridgehead atoms. The van der Waals surface area contributed by atoms with Gasteiger partial charge in [-0.25, -0.2) is 14.4 Å². The lowest BCUT2D eigenvalue weighted by Gasteiger charge is -2.34. The molecule has 7 heteroatoms. The van der Waals surface area contributed by atoms with E-state index in [0.29, 0.717) is 23.3 Å². The Balaban J connectivity index is 1.69. The molecule has 1 fully saturated rings. The van der Waals surface area contributed by atoms with Crippen LogP contribution in [0.25, 0.3) is 11.0 Å².